The second-order valence-corrected chi connectivity index (χ2v) is 6.59. The highest BCUT2D eigenvalue weighted by atomic mass is 16.7. The normalized spacial score (nSPS) is 21.8. The minimum atomic E-state index is -0.494. The molecule has 1 saturated carbocycles. The highest BCUT2D eigenvalue weighted by molar-refractivity contribution is 5.93. The van der Waals surface area contributed by atoms with Crippen molar-refractivity contribution in [2.45, 2.75) is 31.5 Å². The van der Waals surface area contributed by atoms with Gasteiger partial charge in [0.05, 0.1) is 13.1 Å². The maximum Gasteiger partial charge on any atom is 0.251 e. The van der Waals surface area contributed by atoms with Gasteiger partial charge in [-0.15, -0.1) is 0 Å². The maximum absolute atomic E-state index is 12.2. The topological polar surface area (TPSA) is 79.9 Å². The Morgan fingerprint density at radius 3 is 2.83 bits per heavy atom. The number of amides is 2. The molecule has 0 unspecified atom stereocenters. The summed E-state index contributed by atoms with van der Waals surface area (Å²) in [6, 6.07) is 5.46. The van der Waals surface area contributed by atoms with Crippen LogP contribution in [0.25, 0.3) is 0 Å². The van der Waals surface area contributed by atoms with Gasteiger partial charge in [0.25, 0.3) is 5.79 Å². The number of rotatable bonds is 3. The Morgan fingerprint density at radius 2 is 2.04 bits per heavy atom. The van der Waals surface area contributed by atoms with Crippen LogP contribution in [-0.4, -0.2) is 48.7 Å². The van der Waals surface area contributed by atoms with Crippen molar-refractivity contribution in [3.63, 3.8) is 0 Å². The van der Waals surface area contributed by atoms with E-state index in [2.05, 4.69) is 10.6 Å². The first-order chi connectivity index (χ1) is 11.6. The van der Waals surface area contributed by atoms with E-state index in [0.717, 1.165) is 31.4 Å². The second-order valence-electron chi connectivity index (χ2n) is 6.59. The molecular formula is C17H21N3O4. The van der Waals surface area contributed by atoms with Crippen LogP contribution in [0.2, 0.25) is 0 Å². The first-order valence-corrected chi connectivity index (χ1v) is 8.43. The Balaban J connectivity index is 1.38. The lowest BCUT2D eigenvalue weighted by Gasteiger charge is -2.25. The fraction of sp³-hybridized carbons (Fsp3) is 0.529. The average Bonchev–Trinajstić information content (AvgIpc) is 3.13. The van der Waals surface area contributed by atoms with E-state index in [1.165, 1.54) is 0 Å². The van der Waals surface area contributed by atoms with Crippen molar-refractivity contribution in [1.29, 1.82) is 0 Å². The number of carbonyl (C=O) groups is 2. The predicted molar refractivity (Wildman–Crippen MR) is 87.0 cm³/mol. The zero-order valence-electron chi connectivity index (χ0n) is 13.5. The lowest BCUT2D eigenvalue weighted by molar-refractivity contribution is -0.125. The molecule has 0 aromatic heterocycles. The molecule has 1 aromatic rings. The number of piperazine rings is 1. The minimum Gasteiger partial charge on any atom is -0.448 e. The predicted octanol–water partition coefficient (Wildman–Crippen LogP) is 1.10. The first-order valence-electron chi connectivity index (χ1n) is 8.43. The number of nitrogens with one attached hydrogen (secondary N) is 2. The lowest BCUT2D eigenvalue weighted by atomic mass is 10.2. The van der Waals surface area contributed by atoms with Gasteiger partial charge in [-0.2, -0.15) is 0 Å². The summed E-state index contributed by atoms with van der Waals surface area (Å²) in [5.41, 5.74) is 0.679. The molecule has 1 spiro atoms. The molecule has 3 aliphatic rings. The van der Waals surface area contributed by atoms with Crippen LogP contribution < -0.4 is 20.1 Å². The van der Waals surface area contributed by atoms with Crippen LogP contribution in [-0.2, 0) is 9.59 Å². The van der Waals surface area contributed by atoms with E-state index >= 15 is 0 Å². The molecule has 0 radical (unpaired) electrons. The Hall–Kier alpha value is -2.28. The minimum absolute atomic E-state index is 0.0426. The molecular weight excluding hydrogens is 310 g/mol. The van der Waals surface area contributed by atoms with Crippen molar-refractivity contribution in [3.8, 4) is 11.5 Å². The van der Waals surface area contributed by atoms with E-state index in [1.807, 2.05) is 23.1 Å². The van der Waals surface area contributed by atoms with Gasteiger partial charge in [-0.25, -0.2) is 0 Å². The zero-order valence-corrected chi connectivity index (χ0v) is 13.5. The van der Waals surface area contributed by atoms with Gasteiger partial charge in [0.15, 0.2) is 11.5 Å². The molecule has 2 heterocycles. The van der Waals surface area contributed by atoms with Crippen molar-refractivity contribution in [1.82, 2.24) is 10.2 Å². The number of nitrogens with zero attached hydrogens (tertiary/aromatic N) is 1. The van der Waals surface area contributed by atoms with E-state index < -0.39 is 5.79 Å². The molecule has 24 heavy (non-hydrogen) atoms. The number of fused-ring (bicyclic) bond motifs is 1. The molecule has 128 valence electrons. The fourth-order valence-corrected chi connectivity index (χ4v) is 3.52. The van der Waals surface area contributed by atoms with E-state index in [1.54, 1.807) is 0 Å². The Morgan fingerprint density at radius 1 is 1.25 bits per heavy atom. The highest BCUT2D eigenvalue weighted by Crippen LogP contribution is 2.47. The molecule has 1 saturated heterocycles. The zero-order chi connectivity index (χ0) is 16.6. The molecule has 2 amide bonds. The van der Waals surface area contributed by atoms with Crippen LogP contribution in [0.3, 0.4) is 0 Å². The monoisotopic (exact) mass is 331 g/mol. The van der Waals surface area contributed by atoms with E-state index in [-0.39, 0.29) is 24.9 Å². The van der Waals surface area contributed by atoms with Crippen molar-refractivity contribution in [3.05, 3.63) is 18.2 Å². The Bertz CT molecular complexity index is 670. The molecule has 2 fully saturated rings. The van der Waals surface area contributed by atoms with Crippen LogP contribution in [0.1, 0.15) is 25.7 Å². The summed E-state index contributed by atoms with van der Waals surface area (Å²) in [7, 11) is 0. The second kappa shape index (κ2) is 5.98. The number of anilines is 1. The van der Waals surface area contributed by atoms with Gasteiger partial charge in [-0.05, 0) is 25.0 Å². The average molecular weight is 331 g/mol. The van der Waals surface area contributed by atoms with Gasteiger partial charge in [-0.1, -0.05) is 0 Å². The van der Waals surface area contributed by atoms with Crippen molar-refractivity contribution in [2.75, 3.05) is 31.5 Å². The number of hydrogen-bond donors (Lipinski definition) is 2. The summed E-state index contributed by atoms with van der Waals surface area (Å²) in [6.45, 7) is 1.73. The summed E-state index contributed by atoms with van der Waals surface area (Å²) in [4.78, 5) is 25.4. The number of hydrogen-bond acceptors (Lipinski definition) is 5. The number of benzene rings is 1. The smallest absolute Gasteiger partial charge is 0.251 e. The van der Waals surface area contributed by atoms with Gasteiger partial charge in [-0.3, -0.25) is 14.5 Å². The van der Waals surface area contributed by atoms with Crippen LogP contribution in [0, 0.1) is 0 Å². The first kappa shape index (κ1) is 15.3. The van der Waals surface area contributed by atoms with Crippen LogP contribution >= 0.6 is 0 Å². The van der Waals surface area contributed by atoms with Crippen LogP contribution in [0.4, 0.5) is 5.69 Å². The van der Waals surface area contributed by atoms with Gasteiger partial charge in [0, 0.05) is 37.7 Å². The van der Waals surface area contributed by atoms with Crippen LogP contribution in [0.15, 0.2) is 18.2 Å². The largest absolute Gasteiger partial charge is 0.448 e. The summed E-state index contributed by atoms with van der Waals surface area (Å²) >= 11 is 0. The number of ether oxygens (including phenoxy) is 2. The molecule has 7 heteroatoms. The standard InChI is InChI=1S/C17H21N3O4/c21-15-10-20(8-7-18-15)11-16(22)19-12-3-4-13-14(9-12)24-17(23-13)5-1-2-6-17/h3-4,9H,1-2,5-8,10-11H2,(H,18,21)(H,19,22). The summed E-state index contributed by atoms with van der Waals surface area (Å²) in [5, 5.41) is 5.61. The Kier molecular flexibility index (Phi) is 3.80. The third-order valence-corrected chi connectivity index (χ3v) is 4.67. The van der Waals surface area contributed by atoms with Gasteiger partial charge in [0.2, 0.25) is 11.8 Å². The van der Waals surface area contributed by atoms with E-state index in [4.69, 9.17) is 9.47 Å². The molecule has 0 atom stereocenters. The summed E-state index contributed by atoms with van der Waals surface area (Å²) in [5.74, 6) is 0.749. The quantitative estimate of drug-likeness (QED) is 0.867. The SMILES string of the molecule is O=C1CN(CC(=O)Nc2ccc3c(c2)OC2(CCCC2)O3)CCN1. The molecule has 2 N–H and O–H groups in total. The highest BCUT2D eigenvalue weighted by Gasteiger charge is 2.44. The molecule has 7 nitrogen and oxygen atoms in total. The van der Waals surface area contributed by atoms with E-state index in [0.29, 0.717) is 24.5 Å². The fourth-order valence-electron chi connectivity index (χ4n) is 3.52. The Labute approximate surface area is 140 Å². The third-order valence-electron chi connectivity index (χ3n) is 4.67. The molecule has 2 aliphatic heterocycles. The third kappa shape index (κ3) is 3.03. The van der Waals surface area contributed by atoms with Gasteiger partial charge < -0.3 is 20.1 Å². The summed E-state index contributed by atoms with van der Waals surface area (Å²) < 4.78 is 12.0. The molecule has 0 bridgehead atoms. The van der Waals surface area contributed by atoms with Gasteiger partial charge in [0.1, 0.15) is 0 Å². The lowest BCUT2D eigenvalue weighted by Crippen LogP contribution is -2.49. The molecule has 4 rings (SSSR count). The maximum atomic E-state index is 12.2. The number of carbonyl (C=O) groups excluding carboxylic acids is 2. The molecule has 1 aliphatic carbocycles. The van der Waals surface area contributed by atoms with Crippen molar-refractivity contribution >= 4 is 17.5 Å². The van der Waals surface area contributed by atoms with Gasteiger partial charge >= 0.3 is 0 Å². The van der Waals surface area contributed by atoms with Crippen molar-refractivity contribution in [2.24, 2.45) is 0 Å². The molecule has 1 aromatic carbocycles. The summed E-state index contributed by atoms with van der Waals surface area (Å²) in [6.07, 6.45) is 4.03. The van der Waals surface area contributed by atoms with E-state index in [9.17, 15) is 9.59 Å². The van der Waals surface area contributed by atoms with Crippen LogP contribution in [0.5, 0.6) is 11.5 Å². The van der Waals surface area contributed by atoms with Crippen molar-refractivity contribution < 1.29 is 19.1 Å².